The third-order valence-electron chi connectivity index (χ3n) is 9.67. The van der Waals surface area contributed by atoms with Crippen LogP contribution in [0.4, 0.5) is 0 Å². The second-order valence-electron chi connectivity index (χ2n) is 12.8. The Labute approximate surface area is 278 Å². The Balaban J connectivity index is 1.25. The molecule has 226 valence electrons. The van der Waals surface area contributed by atoms with Gasteiger partial charge in [-0.2, -0.15) is 5.26 Å². The molecule has 0 aliphatic heterocycles. The van der Waals surface area contributed by atoms with Gasteiger partial charge < -0.3 is 4.57 Å². The molecule has 0 unspecified atom stereocenters. The summed E-state index contributed by atoms with van der Waals surface area (Å²) in [6.45, 7) is 4.64. The summed E-state index contributed by atoms with van der Waals surface area (Å²) < 4.78 is 2.24. The molecule has 2 heterocycles. The van der Waals surface area contributed by atoms with Crippen LogP contribution in [0.2, 0.25) is 0 Å². The highest BCUT2D eigenvalue weighted by atomic mass is 15.0. The summed E-state index contributed by atoms with van der Waals surface area (Å²) in [5, 5.41) is 13.0. The van der Waals surface area contributed by atoms with Gasteiger partial charge in [0.15, 0.2) is 17.5 Å². The van der Waals surface area contributed by atoms with Gasteiger partial charge in [0.2, 0.25) is 0 Å². The van der Waals surface area contributed by atoms with E-state index in [0.717, 1.165) is 33.4 Å². The zero-order valence-corrected chi connectivity index (χ0v) is 26.5. The molecule has 0 amide bonds. The summed E-state index contributed by atoms with van der Waals surface area (Å²) in [6.07, 6.45) is 0. The molecule has 5 heteroatoms. The summed E-state index contributed by atoms with van der Waals surface area (Å²) in [5.74, 6) is 1.69. The molecule has 0 saturated carbocycles. The number of fused-ring (bicyclic) bond motifs is 7. The van der Waals surface area contributed by atoms with Crippen LogP contribution in [-0.2, 0) is 5.41 Å². The van der Waals surface area contributed by atoms with E-state index in [1.54, 1.807) is 0 Å². The van der Waals surface area contributed by atoms with Gasteiger partial charge in [-0.25, -0.2) is 15.0 Å². The monoisotopic (exact) mass is 615 g/mol. The number of hydrogen-bond acceptors (Lipinski definition) is 4. The van der Waals surface area contributed by atoms with Gasteiger partial charge in [0.25, 0.3) is 0 Å². The molecule has 0 saturated heterocycles. The van der Waals surface area contributed by atoms with Crippen LogP contribution in [0.5, 0.6) is 0 Å². The largest absolute Gasteiger partial charge is 0.308 e. The first-order chi connectivity index (χ1) is 23.5. The average molecular weight is 616 g/mol. The third-order valence-corrected chi connectivity index (χ3v) is 9.67. The first kappa shape index (κ1) is 27.9. The quantitative estimate of drug-likeness (QED) is 0.198. The minimum Gasteiger partial charge on any atom is -0.308 e. The number of para-hydroxylation sites is 1. The van der Waals surface area contributed by atoms with Gasteiger partial charge >= 0.3 is 0 Å². The van der Waals surface area contributed by atoms with Crippen LogP contribution in [0.15, 0.2) is 140 Å². The first-order valence-electron chi connectivity index (χ1n) is 16.1. The summed E-state index contributed by atoms with van der Waals surface area (Å²) in [7, 11) is 0. The van der Waals surface area contributed by atoms with E-state index in [1.165, 1.54) is 33.0 Å². The number of benzene rings is 6. The van der Waals surface area contributed by atoms with Crippen molar-refractivity contribution in [3.63, 3.8) is 0 Å². The lowest BCUT2D eigenvalue weighted by Crippen LogP contribution is -2.15. The molecular formula is C43H29N5. The molecule has 0 spiro atoms. The Morgan fingerprint density at radius 2 is 1.17 bits per heavy atom. The molecule has 8 aromatic rings. The summed E-state index contributed by atoms with van der Waals surface area (Å²) in [5.41, 5.74) is 11.1. The van der Waals surface area contributed by atoms with Gasteiger partial charge in [0.05, 0.1) is 22.3 Å². The maximum absolute atomic E-state index is 10.6. The van der Waals surface area contributed by atoms with Crippen LogP contribution >= 0.6 is 0 Å². The normalized spacial score (nSPS) is 12.9. The van der Waals surface area contributed by atoms with E-state index in [2.05, 4.69) is 85.1 Å². The number of hydrogen-bond donors (Lipinski definition) is 0. The summed E-state index contributed by atoms with van der Waals surface area (Å²) in [4.78, 5) is 14.6. The van der Waals surface area contributed by atoms with Crippen LogP contribution in [-0.4, -0.2) is 19.5 Å². The number of nitriles is 1. The molecule has 6 aromatic carbocycles. The van der Waals surface area contributed by atoms with Crippen molar-refractivity contribution in [3.8, 4) is 57.0 Å². The maximum atomic E-state index is 10.6. The average Bonchev–Trinajstić information content (AvgIpc) is 3.60. The van der Waals surface area contributed by atoms with Crippen molar-refractivity contribution in [2.24, 2.45) is 0 Å². The molecule has 0 bridgehead atoms. The molecule has 0 atom stereocenters. The van der Waals surface area contributed by atoms with Crippen molar-refractivity contribution in [1.82, 2.24) is 19.5 Å². The Kier molecular flexibility index (Phi) is 6.15. The fourth-order valence-corrected chi connectivity index (χ4v) is 7.49. The van der Waals surface area contributed by atoms with Crippen molar-refractivity contribution in [3.05, 3.63) is 156 Å². The minimum atomic E-state index is -0.173. The van der Waals surface area contributed by atoms with Crippen LogP contribution in [0.3, 0.4) is 0 Å². The highest BCUT2D eigenvalue weighted by Gasteiger charge is 2.38. The zero-order valence-electron chi connectivity index (χ0n) is 26.5. The second kappa shape index (κ2) is 10.6. The highest BCUT2D eigenvalue weighted by molar-refractivity contribution is 6.14. The Bertz CT molecular complexity index is 2530. The van der Waals surface area contributed by atoms with Gasteiger partial charge in [-0.15, -0.1) is 0 Å². The molecular weight excluding hydrogens is 587 g/mol. The SMILES string of the molecule is CC1(C)c2ccccc2-c2ccc3c(c21)c1ccccc1n3-c1ccc(-c2nc(-c3ccccc3)nc(-c3ccccc3)n2)cc1C#N. The van der Waals surface area contributed by atoms with E-state index in [0.29, 0.717) is 23.0 Å². The molecule has 0 radical (unpaired) electrons. The van der Waals surface area contributed by atoms with Crippen LogP contribution in [0, 0.1) is 11.3 Å². The van der Waals surface area contributed by atoms with E-state index in [-0.39, 0.29) is 5.41 Å². The predicted molar refractivity (Wildman–Crippen MR) is 193 cm³/mol. The Morgan fingerprint density at radius 1 is 0.562 bits per heavy atom. The smallest absolute Gasteiger partial charge is 0.164 e. The van der Waals surface area contributed by atoms with E-state index < -0.39 is 0 Å². The van der Waals surface area contributed by atoms with Crippen LogP contribution in [0.25, 0.3) is 72.8 Å². The zero-order chi connectivity index (χ0) is 32.4. The van der Waals surface area contributed by atoms with Gasteiger partial charge in [-0.05, 0) is 52.6 Å². The van der Waals surface area contributed by atoms with Crippen molar-refractivity contribution < 1.29 is 0 Å². The number of rotatable bonds is 4. The van der Waals surface area contributed by atoms with Gasteiger partial charge in [0.1, 0.15) is 6.07 Å². The van der Waals surface area contributed by atoms with Crippen LogP contribution < -0.4 is 0 Å². The van der Waals surface area contributed by atoms with Crippen molar-refractivity contribution in [1.29, 1.82) is 5.26 Å². The molecule has 0 fully saturated rings. The van der Waals surface area contributed by atoms with Gasteiger partial charge in [0, 0.05) is 32.9 Å². The molecule has 1 aliphatic rings. The maximum Gasteiger partial charge on any atom is 0.164 e. The summed E-state index contributed by atoms with van der Waals surface area (Å²) in [6, 6.07) is 50.0. The minimum absolute atomic E-state index is 0.173. The predicted octanol–water partition coefficient (Wildman–Crippen LogP) is 10.1. The van der Waals surface area contributed by atoms with Crippen LogP contribution in [0.1, 0.15) is 30.5 Å². The topological polar surface area (TPSA) is 67.4 Å². The standard InChI is InChI=1S/C43H29N5/c1-43(2)34-19-11-9-17-31(34)32-22-24-37-38(39(32)43)33-18-10-12-20-36(33)48(37)35-23-21-29(25-30(35)26-44)42-46-40(27-13-5-3-6-14-27)45-41(47-42)28-15-7-4-8-16-28/h3-25H,1-2H3. The van der Waals surface area contributed by atoms with Gasteiger partial charge in [-0.3, -0.25) is 0 Å². The number of aromatic nitrogens is 4. The lowest BCUT2D eigenvalue weighted by Gasteiger charge is -2.22. The first-order valence-corrected chi connectivity index (χ1v) is 16.1. The molecule has 0 N–H and O–H groups in total. The van der Waals surface area contributed by atoms with E-state index in [1.807, 2.05) is 78.9 Å². The molecule has 48 heavy (non-hydrogen) atoms. The highest BCUT2D eigenvalue weighted by Crippen LogP contribution is 2.53. The van der Waals surface area contributed by atoms with Crippen molar-refractivity contribution in [2.45, 2.75) is 19.3 Å². The molecule has 1 aliphatic carbocycles. The Morgan fingerprint density at radius 3 is 1.85 bits per heavy atom. The lowest BCUT2D eigenvalue weighted by molar-refractivity contribution is 0.666. The molecule has 9 rings (SSSR count). The molecule has 2 aromatic heterocycles. The summed E-state index contributed by atoms with van der Waals surface area (Å²) >= 11 is 0. The fraction of sp³-hybridized carbons (Fsp3) is 0.0698. The van der Waals surface area contributed by atoms with Crippen molar-refractivity contribution >= 4 is 21.8 Å². The second-order valence-corrected chi connectivity index (χ2v) is 12.8. The number of nitrogens with zero attached hydrogens (tertiary/aromatic N) is 5. The van der Waals surface area contributed by atoms with E-state index in [4.69, 9.17) is 15.0 Å². The van der Waals surface area contributed by atoms with Gasteiger partial charge in [-0.1, -0.05) is 123 Å². The Hall–Kier alpha value is -6.38. The van der Waals surface area contributed by atoms with E-state index >= 15 is 0 Å². The molecule has 5 nitrogen and oxygen atoms in total. The van der Waals surface area contributed by atoms with Crippen molar-refractivity contribution in [2.75, 3.05) is 0 Å². The lowest BCUT2D eigenvalue weighted by atomic mass is 9.80. The fourth-order valence-electron chi connectivity index (χ4n) is 7.49. The van der Waals surface area contributed by atoms with E-state index in [9.17, 15) is 5.26 Å². The third kappa shape index (κ3) is 4.13.